The first-order valence-corrected chi connectivity index (χ1v) is 8.38. The zero-order valence-electron chi connectivity index (χ0n) is 10.8. The van der Waals surface area contributed by atoms with Crippen LogP contribution < -0.4 is 0 Å². The number of hydrogen-bond donors (Lipinski definition) is 1. The number of aromatic hydroxyl groups is 1. The SMILES string of the molecule is Cc1cc(Br)cc(CN(C)CCS(C)(=O)=O)c1O. The van der Waals surface area contributed by atoms with E-state index in [1.807, 2.05) is 31.0 Å². The molecule has 102 valence electrons. The summed E-state index contributed by atoms with van der Waals surface area (Å²) in [5.74, 6) is 0.390. The number of sulfone groups is 1. The molecule has 0 aliphatic carbocycles. The Balaban J connectivity index is 2.73. The van der Waals surface area contributed by atoms with Crippen LogP contribution in [0.4, 0.5) is 0 Å². The molecule has 0 aliphatic rings. The zero-order chi connectivity index (χ0) is 13.9. The average molecular weight is 336 g/mol. The Morgan fingerprint density at radius 2 is 2.00 bits per heavy atom. The molecule has 0 saturated heterocycles. The molecule has 1 rings (SSSR count). The lowest BCUT2D eigenvalue weighted by atomic mass is 10.1. The van der Waals surface area contributed by atoms with Crippen LogP contribution in [0.2, 0.25) is 0 Å². The summed E-state index contributed by atoms with van der Waals surface area (Å²) < 4.78 is 23.1. The monoisotopic (exact) mass is 335 g/mol. The normalized spacial score (nSPS) is 12.1. The predicted molar refractivity (Wildman–Crippen MR) is 76.6 cm³/mol. The van der Waals surface area contributed by atoms with E-state index in [1.54, 1.807) is 0 Å². The number of phenols is 1. The first kappa shape index (κ1) is 15.5. The Hall–Kier alpha value is -0.590. The van der Waals surface area contributed by atoms with Gasteiger partial charge in [-0.05, 0) is 31.7 Å². The molecule has 0 unspecified atom stereocenters. The average Bonchev–Trinajstić information content (AvgIpc) is 2.21. The van der Waals surface area contributed by atoms with Crippen molar-refractivity contribution in [1.82, 2.24) is 4.90 Å². The summed E-state index contributed by atoms with van der Waals surface area (Å²) in [6.45, 7) is 2.80. The van der Waals surface area contributed by atoms with E-state index in [0.717, 1.165) is 15.6 Å². The highest BCUT2D eigenvalue weighted by Crippen LogP contribution is 2.27. The van der Waals surface area contributed by atoms with Crippen molar-refractivity contribution < 1.29 is 13.5 Å². The molecule has 0 aliphatic heterocycles. The van der Waals surface area contributed by atoms with Gasteiger partial charge in [-0.2, -0.15) is 0 Å². The number of benzene rings is 1. The third-order valence-electron chi connectivity index (χ3n) is 2.63. The first-order valence-electron chi connectivity index (χ1n) is 5.53. The van der Waals surface area contributed by atoms with Gasteiger partial charge in [-0.25, -0.2) is 8.42 Å². The fourth-order valence-electron chi connectivity index (χ4n) is 1.62. The van der Waals surface area contributed by atoms with Crippen LogP contribution >= 0.6 is 15.9 Å². The second-order valence-corrected chi connectivity index (χ2v) is 7.77. The molecule has 0 saturated carbocycles. The first-order chi connectivity index (χ1) is 8.19. The maximum Gasteiger partial charge on any atom is 0.148 e. The molecule has 0 atom stereocenters. The highest BCUT2D eigenvalue weighted by molar-refractivity contribution is 9.10. The minimum Gasteiger partial charge on any atom is -0.507 e. The van der Waals surface area contributed by atoms with Gasteiger partial charge in [0.05, 0.1) is 5.75 Å². The van der Waals surface area contributed by atoms with E-state index in [2.05, 4.69) is 15.9 Å². The lowest BCUT2D eigenvalue weighted by Gasteiger charge is -2.17. The number of phenolic OH excluding ortho intramolecular Hbond substituents is 1. The van der Waals surface area contributed by atoms with Crippen LogP contribution in [0, 0.1) is 6.92 Å². The third kappa shape index (κ3) is 4.96. The van der Waals surface area contributed by atoms with Crippen molar-refractivity contribution in [2.45, 2.75) is 13.5 Å². The smallest absolute Gasteiger partial charge is 0.148 e. The van der Waals surface area contributed by atoms with Crippen molar-refractivity contribution in [1.29, 1.82) is 0 Å². The molecule has 0 amide bonds. The highest BCUT2D eigenvalue weighted by atomic mass is 79.9. The lowest BCUT2D eigenvalue weighted by Crippen LogP contribution is -2.25. The molecule has 0 fully saturated rings. The Kier molecular flexibility index (Phi) is 5.19. The largest absolute Gasteiger partial charge is 0.507 e. The van der Waals surface area contributed by atoms with E-state index in [-0.39, 0.29) is 11.5 Å². The van der Waals surface area contributed by atoms with Crippen LogP contribution in [0.15, 0.2) is 16.6 Å². The van der Waals surface area contributed by atoms with E-state index in [9.17, 15) is 13.5 Å². The standard InChI is InChI=1S/C12H18BrNO3S/c1-9-6-11(13)7-10(12(9)15)8-14(2)4-5-18(3,16)17/h6-7,15H,4-5,8H2,1-3H3. The maximum atomic E-state index is 11.1. The lowest BCUT2D eigenvalue weighted by molar-refractivity contribution is 0.337. The molecule has 18 heavy (non-hydrogen) atoms. The van der Waals surface area contributed by atoms with Crippen molar-refractivity contribution in [2.75, 3.05) is 25.6 Å². The van der Waals surface area contributed by atoms with Gasteiger partial charge in [0.1, 0.15) is 15.6 Å². The molecule has 0 radical (unpaired) electrons. The van der Waals surface area contributed by atoms with Crippen molar-refractivity contribution in [3.05, 3.63) is 27.7 Å². The van der Waals surface area contributed by atoms with Gasteiger partial charge in [-0.15, -0.1) is 0 Å². The van der Waals surface area contributed by atoms with Gasteiger partial charge in [0.15, 0.2) is 0 Å². The topological polar surface area (TPSA) is 57.6 Å². The van der Waals surface area contributed by atoms with Crippen LogP contribution in [0.1, 0.15) is 11.1 Å². The number of aryl methyl sites for hydroxylation is 1. The Labute approximate surface area is 117 Å². The second kappa shape index (κ2) is 6.04. The van der Waals surface area contributed by atoms with Gasteiger partial charge in [-0.1, -0.05) is 15.9 Å². The van der Waals surface area contributed by atoms with E-state index in [0.29, 0.717) is 13.1 Å². The third-order valence-corrected chi connectivity index (χ3v) is 4.01. The van der Waals surface area contributed by atoms with E-state index in [1.165, 1.54) is 6.26 Å². The van der Waals surface area contributed by atoms with Gasteiger partial charge < -0.3 is 10.0 Å². The summed E-state index contributed by atoms with van der Waals surface area (Å²) in [6.07, 6.45) is 1.22. The minimum absolute atomic E-state index is 0.122. The molecule has 0 bridgehead atoms. The van der Waals surface area contributed by atoms with Gasteiger partial charge in [-0.3, -0.25) is 0 Å². The fraction of sp³-hybridized carbons (Fsp3) is 0.500. The second-order valence-electron chi connectivity index (χ2n) is 4.60. The molecule has 4 nitrogen and oxygen atoms in total. The summed E-state index contributed by atoms with van der Waals surface area (Å²) in [5, 5.41) is 9.93. The Morgan fingerprint density at radius 1 is 1.39 bits per heavy atom. The zero-order valence-corrected chi connectivity index (χ0v) is 13.2. The summed E-state index contributed by atoms with van der Waals surface area (Å²) >= 11 is 3.38. The van der Waals surface area contributed by atoms with Gasteiger partial charge in [0.25, 0.3) is 0 Å². The molecule has 1 aromatic rings. The van der Waals surface area contributed by atoms with Crippen LogP contribution in [0.25, 0.3) is 0 Å². The molecule has 1 aromatic carbocycles. The van der Waals surface area contributed by atoms with E-state index < -0.39 is 9.84 Å². The maximum absolute atomic E-state index is 11.1. The number of hydrogen-bond acceptors (Lipinski definition) is 4. The summed E-state index contributed by atoms with van der Waals surface area (Å²) in [7, 11) is -1.12. The summed E-state index contributed by atoms with van der Waals surface area (Å²) in [6, 6.07) is 3.69. The van der Waals surface area contributed by atoms with Crippen molar-refractivity contribution in [3.8, 4) is 5.75 Å². The van der Waals surface area contributed by atoms with Gasteiger partial charge >= 0.3 is 0 Å². The van der Waals surface area contributed by atoms with Crippen molar-refractivity contribution >= 4 is 25.8 Å². The predicted octanol–water partition coefficient (Wildman–Crippen LogP) is 1.94. The minimum atomic E-state index is -2.95. The Bertz CT molecular complexity index is 528. The summed E-state index contributed by atoms with van der Waals surface area (Å²) in [5.41, 5.74) is 1.59. The van der Waals surface area contributed by atoms with E-state index >= 15 is 0 Å². The molecule has 0 spiro atoms. The molecule has 6 heteroatoms. The van der Waals surface area contributed by atoms with Crippen LogP contribution in [0.5, 0.6) is 5.75 Å². The Morgan fingerprint density at radius 3 is 2.56 bits per heavy atom. The van der Waals surface area contributed by atoms with Gasteiger partial charge in [0, 0.05) is 29.4 Å². The fourth-order valence-corrected chi connectivity index (χ4v) is 2.88. The highest BCUT2D eigenvalue weighted by Gasteiger charge is 2.10. The molecular weight excluding hydrogens is 318 g/mol. The van der Waals surface area contributed by atoms with E-state index in [4.69, 9.17) is 0 Å². The molecule has 0 aromatic heterocycles. The van der Waals surface area contributed by atoms with Crippen LogP contribution in [-0.2, 0) is 16.4 Å². The molecule has 0 heterocycles. The molecular formula is C12H18BrNO3S. The quantitative estimate of drug-likeness (QED) is 0.893. The van der Waals surface area contributed by atoms with Crippen LogP contribution in [0.3, 0.4) is 0 Å². The van der Waals surface area contributed by atoms with Crippen LogP contribution in [-0.4, -0.2) is 44.0 Å². The number of halogens is 1. The van der Waals surface area contributed by atoms with Crippen molar-refractivity contribution in [3.63, 3.8) is 0 Å². The number of nitrogens with zero attached hydrogens (tertiary/aromatic N) is 1. The molecule has 1 N–H and O–H groups in total. The number of rotatable bonds is 5. The van der Waals surface area contributed by atoms with Gasteiger partial charge in [0.2, 0.25) is 0 Å². The van der Waals surface area contributed by atoms with Crippen molar-refractivity contribution in [2.24, 2.45) is 0 Å². The summed E-state index contributed by atoms with van der Waals surface area (Å²) in [4.78, 5) is 1.88.